The van der Waals surface area contributed by atoms with Crippen LogP contribution >= 0.6 is 0 Å². The van der Waals surface area contributed by atoms with Crippen LogP contribution in [-0.4, -0.2) is 27.7 Å². The van der Waals surface area contributed by atoms with E-state index in [9.17, 15) is 14.9 Å². The molecule has 0 saturated carbocycles. The van der Waals surface area contributed by atoms with Crippen LogP contribution in [0.4, 0.5) is 11.4 Å². The van der Waals surface area contributed by atoms with Crippen LogP contribution in [-0.2, 0) is 11.3 Å². The van der Waals surface area contributed by atoms with Gasteiger partial charge in [-0.15, -0.1) is 5.10 Å². The smallest absolute Gasteiger partial charge is 0.350 e. The summed E-state index contributed by atoms with van der Waals surface area (Å²) in [7, 11) is 1.31. The molecule has 2 aromatic rings. The molecule has 1 aromatic heterocycles. The molecule has 0 atom stereocenters. The summed E-state index contributed by atoms with van der Waals surface area (Å²) >= 11 is 0. The van der Waals surface area contributed by atoms with E-state index in [4.69, 9.17) is 4.74 Å². The number of rotatable bonds is 6. The standard InChI is InChI=1S/C15H18N4O4/c1-10-5-4-6-12(11(10)2)16-14(20)7-8-18-9-13(19(21)22)15(17-18)23-3/h4-6,9H,7-8H2,1-3H3,(H,16,20). The lowest BCUT2D eigenvalue weighted by atomic mass is 10.1. The average Bonchev–Trinajstić information content (AvgIpc) is 2.93. The van der Waals surface area contributed by atoms with Gasteiger partial charge >= 0.3 is 11.6 Å². The molecule has 1 heterocycles. The third kappa shape index (κ3) is 3.85. The Bertz CT molecular complexity index is 739. The minimum Gasteiger partial charge on any atom is -0.475 e. The van der Waals surface area contributed by atoms with Crippen LogP contribution in [0.25, 0.3) is 0 Å². The lowest BCUT2D eigenvalue weighted by Crippen LogP contribution is -2.15. The molecule has 0 aliphatic carbocycles. The molecule has 2 rings (SSSR count). The van der Waals surface area contributed by atoms with Crippen molar-refractivity contribution in [3.63, 3.8) is 0 Å². The van der Waals surface area contributed by atoms with E-state index in [0.29, 0.717) is 0 Å². The van der Waals surface area contributed by atoms with Crippen LogP contribution in [0.2, 0.25) is 0 Å². The van der Waals surface area contributed by atoms with Crippen LogP contribution in [0.5, 0.6) is 5.88 Å². The number of hydrogen-bond donors (Lipinski definition) is 1. The molecule has 1 N–H and O–H groups in total. The van der Waals surface area contributed by atoms with Gasteiger partial charge in [-0.2, -0.15) is 0 Å². The Morgan fingerprint density at radius 1 is 1.43 bits per heavy atom. The minimum atomic E-state index is -0.571. The van der Waals surface area contributed by atoms with Crippen molar-refractivity contribution in [1.29, 1.82) is 0 Å². The Kier molecular flexibility index (Phi) is 4.95. The first-order valence-corrected chi connectivity index (χ1v) is 7.04. The fraction of sp³-hybridized carbons (Fsp3) is 0.333. The van der Waals surface area contributed by atoms with Gasteiger partial charge in [0.25, 0.3) is 0 Å². The number of nitrogens with one attached hydrogen (secondary N) is 1. The highest BCUT2D eigenvalue weighted by Gasteiger charge is 2.20. The van der Waals surface area contributed by atoms with E-state index >= 15 is 0 Å². The Labute approximate surface area is 133 Å². The largest absolute Gasteiger partial charge is 0.475 e. The molecule has 1 amide bonds. The first-order valence-electron chi connectivity index (χ1n) is 7.04. The second-order valence-corrected chi connectivity index (χ2v) is 5.09. The number of benzene rings is 1. The van der Waals surface area contributed by atoms with Gasteiger partial charge in [-0.3, -0.25) is 19.6 Å². The summed E-state index contributed by atoms with van der Waals surface area (Å²) in [4.78, 5) is 22.3. The Balaban J connectivity index is 1.99. The lowest BCUT2D eigenvalue weighted by Gasteiger charge is -2.10. The number of ether oxygens (including phenoxy) is 1. The number of nitro groups is 1. The van der Waals surface area contributed by atoms with E-state index in [1.807, 2.05) is 32.0 Å². The quantitative estimate of drug-likeness (QED) is 0.651. The van der Waals surface area contributed by atoms with E-state index in [0.717, 1.165) is 16.8 Å². The Hall–Kier alpha value is -2.90. The first kappa shape index (κ1) is 16.5. The van der Waals surface area contributed by atoms with Crippen molar-refractivity contribution in [3.8, 4) is 5.88 Å². The number of methoxy groups -OCH3 is 1. The number of amides is 1. The normalized spacial score (nSPS) is 10.4. The summed E-state index contributed by atoms with van der Waals surface area (Å²) in [6, 6.07) is 5.68. The molecule has 0 saturated heterocycles. The highest BCUT2D eigenvalue weighted by atomic mass is 16.6. The number of aromatic nitrogens is 2. The highest BCUT2D eigenvalue weighted by molar-refractivity contribution is 5.91. The van der Waals surface area contributed by atoms with Crippen LogP contribution in [0.15, 0.2) is 24.4 Å². The van der Waals surface area contributed by atoms with Gasteiger partial charge in [0, 0.05) is 12.1 Å². The monoisotopic (exact) mass is 318 g/mol. The van der Waals surface area contributed by atoms with E-state index < -0.39 is 4.92 Å². The molecule has 0 unspecified atom stereocenters. The summed E-state index contributed by atoms with van der Waals surface area (Å²) in [5.74, 6) is -0.249. The van der Waals surface area contributed by atoms with Crippen LogP contribution in [0.3, 0.4) is 0 Å². The predicted molar refractivity (Wildman–Crippen MR) is 84.6 cm³/mol. The van der Waals surface area contributed by atoms with Gasteiger partial charge in [0.1, 0.15) is 6.20 Å². The molecule has 0 aliphatic heterocycles. The third-order valence-electron chi connectivity index (χ3n) is 3.55. The SMILES string of the molecule is COc1nn(CCC(=O)Nc2cccc(C)c2C)cc1[N+](=O)[O-]. The maximum Gasteiger partial charge on any atom is 0.350 e. The minimum absolute atomic E-state index is 0.0649. The van der Waals surface area contributed by atoms with Crippen LogP contribution in [0.1, 0.15) is 17.5 Å². The highest BCUT2D eigenvalue weighted by Crippen LogP contribution is 2.24. The van der Waals surface area contributed by atoms with Crippen molar-refractivity contribution < 1.29 is 14.5 Å². The number of anilines is 1. The fourth-order valence-corrected chi connectivity index (χ4v) is 2.09. The van der Waals surface area contributed by atoms with E-state index in [1.54, 1.807) is 0 Å². The number of carbonyl (C=O) groups excluding carboxylic acids is 1. The molecule has 8 nitrogen and oxygen atoms in total. The maximum atomic E-state index is 12.0. The topological polar surface area (TPSA) is 99.3 Å². The molecule has 0 radical (unpaired) electrons. The molecular weight excluding hydrogens is 300 g/mol. The Morgan fingerprint density at radius 3 is 2.78 bits per heavy atom. The van der Waals surface area contributed by atoms with Crippen molar-refractivity contribution in [2.24, 2.45) is 0 Å². The molecule has 1 aromatic carbocycles. The van der Waals surface area contributed by atoms with Gasteiger partial charge in [0.05, 0.1) is 18.6 Å². The van der Waals surface area contributed by atoms with Gasteiger partial charge in [-0.25, -0.2) is 0 Å². The number of nitrogens with zero attached hydrogens (tertiary/aromatic N) is 3. The van der Waals surface area contributed by atoms with Gasteiger partial charge in [0.2, 0.25) is 5.91 Å². The van der Waals surface area contributed by atoms with E-state index in [2.05, 4.69) is 10.4 Å². The summed E-state index contributed by atoms with van der Waals surface area (Å²) in [5, 5.41) is 17.6. The average molecular weight is 318 g/mol. The van der Waals surface area contributed by atoms with Crippen LogP contribution < -0.4 is 10.1 Å². The molecular formula is C15H18N4O4. The molecule has 23 heavy (non-hydrogen) atoms. The predicted octanol–water partition coefficient (Wildman–Crippen LogP) is 2.45. The summed E-state index contributed by atoms with van der Waals surface area (Å²) in [6.07, 6.45) is 1.40. The van der Waals surface area contributed by atoms with Gasteiger partial charge < -0.3 is 10.1 Å². The number of hydrogen-bond acceptors (Lipinski definition) is 5. The summed E-state index contributed by atoms with van der Waals surface area (Å²) in [6.45, 7) is 4.13. The Morgan fingerprint density at radius 2 is 2.17 bits per heavy atom. The van der Waals surface area contributed by atoms with Gasteiger partial charge in [0.15, 0.2) is 0 Å². The molecule has 0 fully saturated rings. The maximum absolute atomic E-state index is 12.0. The van der Waals surface area contributed by atoms with E-state index in [-0.39, 0.29) is 30.4 Å². The summed E-state index contributed by atoms with van der Waals surface area (Å²) in [5.41, 5.74) is 2.65. The zero-order valence-electron chi connectivity index (χ0n) is 13.2. The fourth-order valence-electron chi connectivity index (χ4n) is 2.09. The zero-order valence-corrected chi connectivity index (χ0v) is 13.2. The summed E-state index contributed by atoms with van der Waals surface area (Å²) < 4.78 is 6.18. The first-order chi connectivity index (χ1) is 10.9. The second-order valence-electron chi connectivity index (χ2n) is 5.09. The molecule has 8 heteroatoms. The van der Waals surface area contributed by atoms with Crippen LogP contribution in [0, 0.1) is 24.0 Å². The van der Waals surface area contributed by atoms with Crippen molar-refractivity contribution in [2.45, 2.75) is 26.8 Å². The number of aryl methyl sites for hydroxylation is 2. The van der Waals surface area contributed by atoms with E-state index in [1.165, 1.54) is 18.0 Å². The molecule has 0 spiro atoms. The molecule has 0 bridgehead atoms. The van der Waals surface area contributed by atoms with Gasteiger partial charge in [-0.05, 0) is 31.0 Å². The lowest BCUT2D eigenvalue weighted by molar-refractivity contribution is -0.385. The zero-order chi connectivity index (χ0) is 17.0. The van der Waals surface area contributed by atoms with Crippen molar-refractivity contribution in [1.82, 2.24) is 9.78 Å². The second kappa shape index (κ2) is 6.91. The van der Waals surface area contributed by atoms with Crippen molar-refractivity contribution in [3.05, 3.63) is 45.6 Å². The van der Waals surface area contributed by atoms with Crippen molar-refractivity contribution in [2.75, 3.05) is 12.4 Å². The molecule has 122 valence electrons. The molecule has 0 aliphatic rings. The van der Waals surface area contributed by atoms with Crippen molar-refractivity contribution >= 4 is 17.3 Å². The third-order valence-corrected chi connectivity index (χ3v) is 3.55. The van der Waals surface area contributed by atoms with Gasteiger partial charge in [-0.1, -0.05) is 12.1 Å². The number of carbonyl (C=O) groups is 1.